The summed E-state index contributed by atoms with van der Waals surface area (Å²) in [6.07, 6.45) is 5.81. The highest BCUT2D eigenvalue weighted by molar-refractivity contribution is 7.89. The zero-order chi connectivity index (χ0) is 20.3. The van der Waals surface area contributed by atoms with Crippen molar-refractivity contribution < 1.29 is 18.3 Å². The first-order chi connectivity index (χ1) is 13.8. The number of aliphatic hydroxyl groups is 1. The van der Waals surface area contributed by atoms with E-state index in [4.69, 9.17) is 4.74 Å². The molecule has 1 aromatic carbocycles. The number of nitrogens with one attached hydrogen (secondary N) is 2. The van der Waals surface area contributed by atoms with Crippen LogP contribution in [0.1, 0.15) is 55.0 Å². The number of benzene rings is 1. The van der Waals surface area contributed by atoms with Crippen molar-refractivity contribution in [2.45, 2.75) is 75.8 Å². The van der Waals surface area contributed by atoms with E-state index in [0.717, 1.165) is 44.2 Å². The predicted octanol–water partition coefficient (Wildman–Crippen LogP) is 1.87. The molecule has 9 heteroatoms. The standard InChI is InChI=1S/C20H26N4O4S/c1-11-12(2)28-19-17(10-21-24(11)19)29(26,27)23-20(25)22-18-15-7-3-5-13(15)9-14-6-4-8-16(14)18/h9-12,20,22-23,25H,3-8H2,1-2H3. The third kappa shape index (κ3) is 3.03. The molecule has 5 rings (SSSR count). The SMILES string of the molecule is CC1Oc2c(S(=O)(=O)NC(O)Nc3c4c(cc5c3CCC5)CCC4)cnn2C1C. The molecule has 2 aliphatic carbocycles. The maximum Gasteiger partial charge on any atom is 0.251 e. The van der Waals surface area contributed by atoms with E-state index in [1.165, 1.54) is 28.5 Å². The number of hydrogen-bond acceptors (Lipinski definition) is 6. The normalized spacial score (nSPS) is 23.4. The highest BCUT2D eigenvalue weighted by Gasteiger charge is 2.36. The number of sulfonamides is 1. The minimum atomic E-state index is -4.01. The van der Waals surface area contributed by atoms with E-state index in [-0.39, 0.29) is 22.9 Å². The highest BCUT2D eigenvalue weighted by Crippen LogP contribution is 2.39. The molecule has 0 bridgehead atoms. The monoisotopic (exact) mass is 418 g/mol. The Morgan fingerprint density at radius 3 is 2.48 bits per heavy atom. The van der Waals surface area contributed by atoms with Crippen molar-refractivity contribution in [1.82, 2.24) is 14.5 Å². The van der Waals surface area contributed by atoms with Crippen molar-refractivity contribution in [3.05, 3.63) is 34.5 Å². The third-order valence-electron chi connectivity index (χ3n) is 6.39. The number of aliphatic hydroxyl groups excluding tert-OH is 1. The van der Waals surface area contributed by atoms with Crippen LogP contribution in [-0.4, -0.2) is 35.8 Å². The molecule has 156 valence electrons. The molecule has 0 radical (unpaired) electrons. The van der Waals surface area contributed by atoms with Crippen LogP contribution in [0.3, 0.4) is 0 Å². The van der Waals surface area contributed by atoms with Gasteiger partial charge in [0, 0.05) is 5.69 Å². The van der Waals surface area contributed by atoms with Crippen molar-refractivity contribution >= 4 is 15.7 Å². The molecule has 3 atom stereocenters. The Morgan fingerprint density at radius 2 is 1.83 bits per heavy atom. The lowest BCUT2D eigenvalue weighted by Crippen LogP contribution is -2.40. The van der Waals surface area contributed by atoms with Gasteiger partial charge in [0.2, 0.25) is 5.88 Å². The fraction of sp³-hybridized carbons (Fsp3) is 0.550. The largest absolute Gasteiger partial charge is 0.472 e. The van der Waals surface area contributed by atoms with E-state index >= 15 is 0 Å². The average molecular weight is 419 g/mol. The number of nitrogens with zero attached hydrogens (tertiary/aromatic N) is 2. The smallest absolute Gasteiger partial charge is 0.251 e. The molecule has 2 heterocycles. The molecule has 0 spiro atoms. The number of aryl methyl sites for hydroxylation is 2. The van der Waals surface area contributed by atoms with E-state index in [1.807, 2.05) is 13.8 Å². The number of rotatable bonds is 5. The second kappa shape index (κ2) is 6.72. The molecule has 2 aromatic rings. The molecular weight excluding hydrogens is 392 g/mol. The molecule has 0 amide bonds. The van der Waals surface area contributed by atoms with Gasteiger partial charge in [0.15, 0.2) is 11.2 Å². The predicted molar refractivity (Wildman–Crippen MR) is 107 cm³/mol. The maximum absolute atomic E-state index is 12.9. The Hall–Kier alpha value is -2.10. The summed E-state index contributed by atoms with van der Waals surface area (Å²) in [6, 6.07) is 2.24. The van der Waals surface area contributed by atoms with Crippen LogP contribution in [0.2, 0.25) is 0 Å². The van der Waals surface area contributed by atoms with Crippen LogP contribution >= 0.6 is 0 Å². The molecule has 29 heavy (non-hydrogen) atoms. The van der Waals surface area contributed by atoms with Crippen LogP contribution in [0.4, 0.5) is 5.69 Å². The summed E-state index contributed by atoms with van der Waals surface area (Å²) >= 11 is 0. The second-order valence-corrected chi connectivity index (χ2v) is 9.91. The van der Waals surface area contributed by atoms with Crippen molar-refractivity contribution in [1.29, 1.82) is 0 Å². The molecule has 3 unspecified atom stereocenters. The maximum atomic E-state index is 12.9. The van der Waals surface area contributed by atoms with Crippen LogP contribution < -0.4 is 14.8 Å². The molecule has 0 saturated carbocycles. The van der Waals surface area contributed by atoms with Gasteiger partial charge in [0.05, 0.1) is 12.2 Å². The van der Waals surface area contributed by atoms with Crippen LogP contribution in [0.25, 0.3) is 0 Å². The third-order valence-corrected chi connectivity index (χ3v) is 7.78. The summed E-state index contributed by atoms with van der Waals surface area (Å²) in [7, 11) is -4.01. The minimum absolute atomic E-state index is 0.0495. The van der Waals surface area contributed by atoms with Crippen LogP contribution in [0.15, 0.2) is 17.2 Å². The lowest BCUT2D eigenvalue weighted by atomic mass is 9.99. The van der Waals surface area contributed by atoms with Crippen molar-refractivity contribution in [2.75, 3.05) is 5.32 Å². The summed E-state index contributed by atoms with van der Waals surface area (Å²) in [5.41, 5.74) is 5.95. The van der Waals surface area contributed by atoms with Gasteiger partial charge in [-0.05, 0) is 74.6 Å². The van der Waals surface area contributed by atoms with E-state index in [2.05, 4.69) is 21.2 Å². The minimum Gasteiger partial charge on any atom is -0.472 e. The van der Waals surface area contributed by atoms with Gasteiger partial charge >= 0.3 is 0 Å². The average Bonchev–Trinajstić information content (AvgIpc) is 3.41. The first-order valence-electron chi connectivity index (χ1n) is 10.2. The number of hydrogen-bond donors (Lipinski definition) is 3. The zero-order valence-electron chi connectivity index (χ0n) is 16.6. The summed E-state index contributed by atoms with van der Waals surface area (Å²) in [5.74, 6) is 0.214. The topological polar surface area (TPSA) is 105 Å². The van der Waals surface area contributed by atoms with Gasteiger partial charge in [-0.15, -0.1) is 0 Å². The Kier molecular flexibility index (Phi) is 4.38. The summed E-state index contributed by atoms with van der Waals surface area (Å²) in [6.45, 7) is 3.79. The lowest BCUT2D eigenvalue weighted by Gasteiger charge is -2.21. The molecule has 3 aliphatic rings. The molecule has 1 aromatic heterocycles. The first kappa shape index (κ1) is 18.9. The van der Waals surface area contributed by atoms with Crippen LogP contribution in [0, 0.1) is 0 Å². The number of ether oxygens (including phenoxy) is 1. The summed E-state index contributed by atoms with van der Waals surface area (Å²) in [5, 5.41) is 17.8. The van der Waals surface area contributed by atoms with Crippen LogP contribution in [-0.2, 0) is 35.7 Å². The van der Waals surface area contributed by atoms with Gasteiger partial charge in [0.25, 0.3) is 10.0 Å². The zero-order valence-corrected chi connectivity index (χ0v) is 17.4. The number of fused-ring (bicyclic) bond motifs is 3. The van der Waals surface area contributed by atoms with E-state index in [9.17, 15) is 13.5 Å². The van der Waals surface area contributed by atoms with Gasteiger partial charge in [-0.3, -0.25) is 0 Å². The van der Waals surface area contributed by atoms with Gasteiger partial charge < -0.3 is 15.2 Å². The Bertz CT molecular complexity index is 1050. The van der Waals surface area contributed by atoms with Gasteiger partial charge in [-0.1, -0.05) is 6.07 Å². The van der Waals surface area contributed by atoms with Crippen molar-refractivity contribution in [2.24, 2.45) is 0 Å². The molecule has 8 nitrogen and oxygen atoms in total. The highest BCUT2D eigenvalue weighted by atomic mass is 32.2. The Labute approximate surface area is 170 Å². The fourth-order valence-electron chi connectivity index (χ4n) is 4.76. The van der Waals surface area contributed by atoms with E-state index in [1.54, 1.807) is 4.68 Å². The molecule has 0 fully saturated rings. The molecule has 3 N–H and O–H groups in total. The first-order valence-corrected chi connectivity index (χ1v) is 11.7. The van der Waals surface area contributed by atoms with Crippen LogP contribution in [0.5, 0.6) is 5.88 Å². The van der Waals surface area contributed by atoms with Gasteiger partial charge in [-0.2, -0.15) is 9.82 Å². The van der Waals surface area contributed by atoms with E-state index < -0.39 is 16.4 Å². The molecule has 1 aliphatic heterocycles. The van der Waals surface area contributed by atoms with E-state index in [0.29, 0.717) is 0 Å². The van der Waals surface area contributed by atoms with Gasteiger partial charge in [0.1, 0.15) is 6.10 Å². The number of anilines is 1. The fourth-order valence-corrected chi connectivity index (χ4v) is 5.80. The molecule has 0 saturated heterocycles. The Morgan fingerprint density at radius 1 is 1.17 bits per heavy atom. The summed E-state index contributed by atoms with van der Waals surface area (Å²) in [4.78, 5) is -0.0573. The summed E-state index contributed by atoms with van der Waals surface area (Å²) < 4.78 is 35.4. The van der Waals surface area contributed by atoms with Crippen molar-refractivity contribution in [3.63, 3.8) is 0 Å². The molecular formula is C20H26N4O4S. The Balaban J connectivity index is 1.40. The number of aromatic nitrogens is 2. The second-order valence-electron chi connectivity index (χ2n) is 8.22. The van der Waals surface area contributed by atoms with Gasteiger partial charge in [-0.25, -0.2) is 13.1 Å². The van der Waals surface area contributed by atoms with Crippen molar-refractivity contribution in [3.8, 4) is 5.88 Å². The lowest BCUT2D eigenvalue weighted by molar-refractivity contribution is 0.192. The quantitative estimate of drug-likeness (QED) is 0.640.